The number of amides is 1. The molecule has 1 aromatic rings. The Hall–Kier alpha value is -2.69. The summed E-state index contributed by atoms with van der Waals surface area (Å²) in [6.45, 7) is 2.60. The molecule has 0 unspecified atom stereocenters. The number of aromatic nitrogens is 1. The minimum absolute atomic E-state index is 0.109. The van der Waals surface area contributed by atoms with Crippen molar-refractivity contribution in [1.29, 1.82) is 0 Å². The van der Waals surface area contributed by atoms with E-state index in [-0.39, 0.29) is 11.8 Å². The van der Waals surface area contributed by atoms with Crippen LogP contribution >= 0.6 is 0 Å². The van der Waals surface area contributed by atoms with E-state index < -0.39 is 24.5 Å². The molecule has 0 aliphatic carbocycles. The molecule has 0 radical (unpaired) electrons. The highest BCUT2D eigenvalue weighted by Gasteiger charge is 2.35. The van der Waals surface area contributed by atoms with Crippen LogP contribution in [-0.2, 0) is 20.8 Å². The SMILES string of the molecule is O=C(O)C(=O)O.O=C1CCCCN1c1ncccc1CCN1CC[C@@H](CC(F)(F)F)C1. The Morgan fingerprint density at radius 2 is 1.87 bits per heavy atom. The third-order valence-corrected chi connectivity index (χ3v) is 5.22. The topological polar surface area (TPSA) is 111 Å². The number of rotatable bonds is 5. The highest BCUT2D eigenvalue weighted by Crippen LogP contribution is 2.30. The molecule has 2 N–H and O–H groups in total. The molecular formula is C20H26F3N3O5. The first-order valence-corrected chi connectivity index (χ1v) is 10.1. The van der Waals surface area contributed by atoms with Crippen LogP contribution in [0.2, 0.25) is 0 Å². The Morgan fingerprint density at radius 3 is 2.48 bits per heavy atom. The van der Waals surface area contributed by atoms with E-state index in [0.717, 1.165) is 24.2 Å². The Kier molecular flexibility index (Phi) is 8.78. The Morgan fingerprint density at radius 1 is 1.16 bits per heavy atom. The van der Waals surface area contributed by atoms with E-state index in [0.29, 0.717) is 45.4 Å². The molecule has 11 heteroatoms. The lowest BCUT2D eigenvalue weighted by molar-refractivity contribution is -0.159. The molecule has 1 aromatic heterocycles. The Bertz CT molecular complexity index is 776. The number of hydrogen-bond acceptors (Lipinski definition) is 5. The summed E-state index contributed by atoms with van der Waals surface area (Å²) < 4.78 is 37.5. The zero-order valence-electron chi connectivity index (χ0n) is 17.0. The van der Waals surface area contributed by atoms with Gasteiger partial charge < -0.3 is 15.1 Å². The average Bonchev–Trinajstić information content (AvgIpc) is 3.13. The number of piperidine rings is 1. The second-order valence-electron chi connectivity index (χ2n) is 7.62. The summed E-state index contributed by atoms with van der Waals surface area (Å²) in [5.41, 5.74) is 0.997. The fourth-order valence-corrected chi connectivity index (χ4v) is 3.79. The maximum atomic E-state index is 12.5. The number of carboxylic acid groups (broad SMARTS) is 2. The van der Waals surface area contributed by atoms with Crippen LogP contribution in [-0.4, -0.2) is 70.3 Å². The molecule has 2 aliphatic heterocycles. The summed E-state index contributed by atoms with van der Waals surface area (Å²) in [6.07, 6.45) is 0.682. The molecule has 2 saturated heterocycles. The maximum Gasteiger partial charge on any atom is 0.414 e. The number of carbonyl (C=O) groups excluding carboxylic acids is 1. The van der Waals surface area contributed by atoms with Gasteiger partial charge in [0.05, 0.1) is 0 Å². The normalized spacial score (nSPS) is 19.6. The van der Waals surface area contributed by atoms with Crippen LogP contribution in [0, 0.1) is 5.92 Å². The maximum absolute atomic E-state index is 12.5. The first kappa shape index (κ1) is 24.6. The van der Waals surface area contributed by atoms with Gasteiger partial charge in [-0.25, -0.2) is 14.6 Å². The quantitative estimate of drug-likeness (QED) is 0.670. The van der Waals surface area contributed by atoms with Crippen molar-refractivity contribution in [2.24, 2.45) is 5.92 Å². The van der Waals surface area contributed by atoms with Crippen molar-refractivity contribution in [3.63, 3.8) is 0 Å². The first-order chi connectivity index (χ1) is 14.6. The number of hydrogen-bond donors (Lipinski definition) is 2. The molecule has 1 amide bonds. The molecule has 8 nitrogen and oxygen atoms in total. The molecule has 0 spiro atoms. The van der Waals surface area contributed by atoms with Gasteiger partial charge in [0.2, 0.25) is 5.91 Å². The van der Waals surface area contributed by atoms with Crippen LogP contribution in [0.15, 0.2) is 18.3 Å². The molecule has 2 aliphatic rings. The lowest BCUT2D eigenvalue weighted by atomic mass is 10.1. The van der Waals surface area contributed by atoms with E-state index in [1.807, 2.05) is 12.1 Å². The van der Waals surface area contributed by atoms with E-state index in [2.05, 4.69) is 9.88 Å². The second kappa shape index (κ2) is 11.1. The van der Waals surface area contributed by atoms with Crippen LogP contribution in [0.1, 0.15) is 37.7 Å². The van der Waals surface area contributed by atoms with Crippen LogP contribution in [0.4, 0.5) is 19.0 Å². The number of likely N-dealkylation sites (tertiary alicyclic amines) is 1. The minimum atomic E-state index is -4.08. The van der Waals surface area contributed by atoms with Crippen molar-refractivity contribution >= 4 is 23.7 Å². The van der Waals surface area contributed by atoms with Gasteiger partial charge in [0.15, 0.2) is 0 Å². The molecule has 0 saturated carbocycles. The van der Waals surface area contributed by atoms with E-state index >= 15 is 0 Å². The van der Waals surface area contributed by atoms with Gasteiger partial charge in [-0.05, 0) is 49.8 Å². The fraction of sp³-hybridized carbons (Fsp3) is 0.600. The Balaban J connectivity index is 0.000000501. The number of carbonyl (C=O) groups is 3. The first-order valence-electron chi connectivity index (χ1n) is 10.1. The summed E-state index contributed by atoms with van der Waals surface area (Å²) in [7, 11) is 0. The summed E-state index contributed by atoms with van der Waals surface area (Å²) >= 11 is 0. The average molecular weight is 445 g/mol. The molecule has 3 heterocycles. The van der Waals surface area contributed by atoms with Gasteiger partial charge in [0, 0.05) is 38.7 Å². The van der Waals surface area contributed by atoms with Gasteiger partial charge in [-0.3, -0.25) is 9.69 Å². The van der Waals surface area contributed by atoms with E-state index in [1.54, 1.807) is 11.1 Å². The van der Waals surface area contributed by atoms with Crippen LogP contribution in [0.5, 0.6) is 0 Å². The third-order valence-electron chi connectivity index (χ3n) is 5.22. The zero-order valence-corrected chi connectivity index (χ0v) is 17.0. The molecule has 3 rings (SSSR count). The van der Waals surface area contributed by atoms with Crippen LogP contribution in [0.3, 0.4) is 0 Å². The molecule has 2 fully saturated rings. The van der Waals surface area contributed by atoms with E-state index in [4.69, 9.17) is 19.8 Å². The third kappa shape index (κ3) is 8.16. The fourth-order valence-electron chi connectivity index (χ4n) is 3.79. The van der Waals surface area contributed by atoms with Crippen molar-refractivity contribution in [2.45, 2.75) is 44.7 Å². The van der Waals surface area contributed by atoms with Crippen molar-refractivity contribution < 1.29 is 37.8 Å². The van der Waals surface area contributed by atoms with Crippen molar-refractivity contribution in [3.8, 4) is 0 Å². The van der Waals surface area contributed by atoms with Gasteiger partial charge in [-0.15, -0.1) is 0 Å². The number of anilines is 1. The molecule has 0 bridgehead atoms. The minimum Gasteiger partial charge on any atom is -0.473 e. The highest BCUT2D eigenvalue weighted by molar-refractivity contribution is 6.27. The number of pyridine rings is 1. The van der Waals surface area contributed by atoms with Crippen molar-refractivity contribution in [2.75, 3.05) is 31.1 Å². The number of halogens is 3. The monoisotopic (exact) mass is 445 g/mol. The number of nitrogens with zero attached hydrogens (tertiary/aromatic N) is 3. The van der Waals surface area contributed by atoms with E-state index in [9.17, 15) is 18.0 Å². The molecule has 1 atom stereocenters. The van der Waals surface area contributed by atoms with Gasteiger partial charge in [-0.1, -0.05) is 6.07 Å². The van der Waals surface area contributed by atoms with Crippen molar-refractivity contribution in [1.82, 2.24) is 9.88 Å². The van der Waals surface area contributed by atoms with Gasteiger partial charge in [0.25, 0.3) is 0 Å². The summed E-state index contributed by atoms with van der Waals surface area (Å²) in [5.74, 6) is -3.11. The predicted molar refractivity (Wildman–Crippen MR) is 105 cm³/mol. The standard InChI is InChI=1S/C18H24F3N3O.C2H2O4/c19-18(20,21)12-14-6-10-23(13-14)11-7-15-4-3-8-22-17(15)24-9-2-1-5-16(24)25;3-1(4)2(5)6/h3-4,8,14H,1-2,5-7,9-13H2;(H,3,4)(H,5,6)/t14-;/m0./s1. The molecule has 0 aromatic carbocycles. The molecular weight excluding hydrogens is 419 g/mol. The van der Waals surface area contributed by atoms with Gasteiger partial charge in [-0.2, -0.15) is 13.2 Å². The lowest BCUT2D eigenvalue weighted by Crippen LogP contribution is -2.36. The van der Waals surface area contributed by atoms with Gasteiger partial charge >= 0.3 is 18.1 Å². The summed E-state index contributed by atoms with van der Waals surface area (Å²) in [4.78, 5) is 38.6. The largest absolute Gasteiger partial charge is 0.473 e. The summed E-state index contributed by atoms with van der Waals surface area (Å²) in [5, 5.41) is 14.8. The molecule has 31 heavy (non-hydrogen) atoms. The number of carboxylic acids is 2. The van der Waals surface area contributed by atoms with Crippen LogP contribution in [0.25, 0.3) is 0 Å². The number of aliphatic carboxylic acids is 2. The van der Waals surface area contributed by atoms with Crippen molar-refractivity contribution in [3.05, 3.63) is 23.9 Å². The highest BCUT2D eigenvalue weighted by atomic mass is 19.4. The Labute approximate surface area is 177 Å². The van der Waals surface area contributed by atoms with Crippen LogP contribution < -0.4 is 4.90 Å². The zero-order chi connectivity index (χ0) is 23.0. The lowest BCUT2D eigenvalue weighted by Gasteiger charge is -2.28. The summed E-state index contributed by atoms with van der Waals surface area (Å²) in [6, 6.07) is 3.82. The number of alkyl halides is 3. The van der Waals surface area contributed by atoms with Gasteiger partial charge in [0.1, 0.15) is 5.82 Å². The predicted octanol–water partition coefficient (Wildman–Crippen LogP) is 2.57. The molecule has 172 valence electrons. The second-order valence-corrected chi connectivity index (χ2v) is 7.62. The van der Waals surface area contributed by atoms with E-state index in [1.165, 1.54) is 0 Å². The smallest absolute Gasteiger partial charge is 0.414 e.